The second-order valence-corrected chi connectivity index (χ2v) is 7.89. The van der Waals surface area contributed by atoms with Gasteiger partial charge in [-0.1, -0.05) is 26.2 Å². The molecule has 0 bridgehead atoms. The summed E-state index contributed by atoms with van der Waals surface area (Å²) >= 11 is 0. The van der Waals surface area contributed by atoms with Crippen LogP contribution in [0.15, 0.2) is 0 Å². The highest BCUT2D eigenvalue weighted by Gasteiger charge is 2.33. The maximum atomic E-state index is 12.2. The van der Waals surface area contributed by atoms with Crippen molar-refractivity contribution in [1.29, 1.82) is 0 Å². The summed E-state index contributed by atoms with van der Waals surface area (Å²) in [5, 5.41) is 0. The van der Waals surface area contributed by atoms with Gasteiger partial charge in [0.2, 0.25) is 6.41 Å². The molecule has 0 aromatic heterocycles. The van der Waals surface area contributed by atoms with E-state index < -0.39 is 23.7 Å². The van der Waals surface area contributed by atoms with Gasteiger partial charge in [0, 0.05) is 26.7 Å². The molecule has 1 fully saturated rings. The zero-order valence-electron chi connectivity index (χ0n) is 18.6. The van der Waals surface area contributed by atoms with Gasteiger partial charge < -0.3 is 24.8 Å². The molecular weight excluding hydrogens is 378 g/mol. The van der Waals surface area contributed by atoms with E-state index >= 15 is 0 Å². The van der Waals surface area contributed by atoms with Crippen LogP contribution < -0.4 is 5.73 Å². The van der Waals surface area contributed by atoms with Crippen molar-refractivity contribution in [2.75, 3.05) is 46.5 Å². The van der Waals surface area contributed by atoms with Crippen molar-refractivity contribution in [2.45, 2.75) is 65.0 Å². The smallest absolute Gasteiger partial charge is 0.410 e. The van der Waals surface area contributed by atoms with Crippen molar-refractivity contribution < 1.29 is 28.6 Å². The van der Waals surface area contributed by atoms with Crippen LogP contribution in [-0.2, 0) is 23.8 Å². The van der Waals surface area contributed by atoms with Crippen LogP contribution >= 0.6 is 0 Å². The van der Waals surface area contributed by atoms with E-state index in [0.29, 0.717) is 19.6 Å². The summed E-state index contributed by atoms with van der Waals surface area (Å²) in [4.78, 5) is 37.5. The lowest BCUT2D eigenvalue weighted by Crippen LogP contribution is -2.57. The Kier molecular flexibility index (Phi) is 14.1. The Morgan fingerprint density at radius 3 is 2.38 bits per heavy atom. The molecule has 0 spiro atoms. The average Bonchev–Trinajstić information content (AvgIpc) is 2.66. The number of carbonyl (C=O) groups excluding carboxylic acids is 3. The van der Waals surface area contributed by atoms with Gasteiger partial charge in [-0.3, -0.25) is 9.69 Å². The van der Waals surface area contributed by atoms with Gasteiger partial charge in [0.1, 0.15) is 18.8 Å². The Hall–Kier alpha value is -1.87. The zero-order chi connectivity index (χ0) is 22.3. The fourth-order valence-electron chi connectivity index (χ4n) is 2.60. The van der Waals surface area contributed by atoms with Gasteiger partial charge in [-0.25, -0.2) is 9.59 Å². The number of carbonyl (C=O) groups is 3. The second kappa shape index (κ2) is 15.0. The first-order valence-electron chi connectivity index (χ1n) is 10.2. The molecule has 1 saturated heterocycles. The second-order valence-electron chi connectivity index (χ2n) is 7.89. The first-order chi connectivity index (χ1) is 13.7. The summed E-state index contributed by atoms with van der Waals surface area (Å²) in [6.45, 7) is 9.29. The van der Waals surface area contributed by atoms with Crippen molar-refractivity contribution in [2.24, 2.45) is 5.73 Å². The van der Waals surface area contributed by atoms with E-state index in [4.69, 9.17) is 15.2 Å². The summed E-state index contributed by atoms with van der Waals surface area (Å²) in [5.41, 5.74) is 4.65. The number of piperazine rings is 1. The summed E-state index contributed by atoms with van der Waals surface area (Å²) in [5.74, 6) is -0.519. The maximum absolute atomic E-state index is 12.2. The normalized spacial score (nSPS) is 16.6. The number of hydrogen-bond acceptors (Lipinski definition) is 7. The molecule has 29 heavy (non-hydrogen) atoms. The van der Waals surface area contributed by atoms with Gasteiger partial charge in [0.25, 0.3) is 0 Å². The molecule has 2 N–H and O–H groups in total. The summed E-state index contributed by atoms with van der Waals surface area (Å²) < 4.78 is 15.1. The first kappa shape index (κ1) is 27.1. The van der Waals surface area contributed by atoms with Crippen LogP contribution in [0.1, 0.15) is 53.4 Å². The van der Waals surface area contributed by atoms with Gasteiger partial charge in [0.15, 0.2) is 0 Å². The fourth-order valence-corrected chi connectivity index (χ4v) is 2.60. The van der Waals surface area contributed by atoms with E-state index in [0.717, 1.165) is 13.0 Å². The van der Waals surface area contributed by atoms with Crippen molar-refractivity contribution in [3.8, 4) is 0 Å². The zero-order valence-corrected chi connectivity index (χ0v) is 18.6. The van der Waals surface area contributed by atoms with Gasteiger partial charge in [-0.2, -0.15) is 0 Å². The Labute approximate surface area is 174 Å². The SMILES string of the molecule is CCCCCCN.COCC(=O)OCC1CN(C=O)CCN1C(=O)OC(C)(C)C. The number of unbranched alkanes of at least 4 members (excludes halogenated alkanes) is 3. The molecular formula is C20H39N3O6. The molecule has 170 valence electrons. The number of ether oxygens (including phenoxy) is 3. The first-order valence-corrected chi connectivity index (χ1v) is 10.2. The monoisotopic (exact) mass is 417 g/mol. The molecule has 0 aromatic carbocycles. The Bertz CT molecular complexity index is 477. The standard InChI is InChI=1S/C14H24N2O6.C6H15N/c1-14(2,3)22-13(19)16-6-5-15(10-17)7-11(16)8-21-12(18)9-20-4;1-2-3-4-5-6-7/h10-11H,5-9H2,1-4H3;2-7H2,1H3. The number of nitrogens with zero attached hydrogens (tertiary/aromatic N) is 2. The van der Waals surface area contributed by atoms with E-state index in [9.17, 15) is 14.4 Å². The molecule has 0 saturated carbocycles. The summed E-state index contributed by atoms with van der Waals surface area (Å²) in [6.07, 6.45) is 5.40. The lowest BCUT2D eigenvalue weighted by Gasteiger charge is -2.39. The summed E-state index contributed by atoms with van der Waals surface area (Å²) in [6, 6.07) is -0.436. The molecule has 1 aliphatic heterocycles. The molecule has 1 heterocycles. The van der Waals surface area contributed by atoms with Crippen molar-refractivity contribution in [1.82, 2.24) is 9.80 Å². The molecule has 1 aliphatic rings. The van der Waals surface area contributed by atoms with E-state index in [1.807, 2.05) is 0 Å². The van der Waals surface area contributed by atoms with Crippen LogP contribution in [0, 0.1) is 0 Å². The molecule has 0 aromatic rings. The van der Waals surface area contributed by atoms with Crippen molar-refractivity contribution >= 4 is 18.5 Å². The van der Waals surface area contributed by atoms with Gasteiger partial charge in [0.05, 0.1) is 6.04 Å². The number of nitrogens with two attached hydrogens (primary N) is 1. The lowest BCUT2D eigenvalue weighted by molar-refractivity contribution is -0.150. The molecule has 1 unspecified atom stereocenters. The number of methoxy groups -OCH3 is 1. The van der Waals surface area contributed by atoms with Crippen LogP contribution in [0.5, 0.6) is 0 Å². The minimum Gasteiger partial charge on any atom is -0.462 e. The third-order valence-corrected chi connectivity index (χ3v) is 4.05. The van der Waals surface area contributed by atoms with Gasteiger partial charge in [-0.05, 0) is 33.7 Å². The van der Waals surface area contributed by atoms with Gasteiger partial charge in [-0.15, -0.1) is 0 Å². The number of esters is 1. The Balaban J connectivity index is 0.000000956. The molecule has 0 radical (unpaired) electrons. The minimum atomic E-state index is -0.615. The minimum absolute atomic E-state index is 0.00816. The molecule has 1 rings (SSSR count). The highest BCUT2D eigenvalue weighted by Crippen LogP contribution is 2.15. The molecule has 9 nitrogen and oxygen atoms in total. The van der Waals surface area contributed by atoms with Crippen LogP contribution in [0.4, 0.5) is 4.79 Å². The van der Waals surface area contributed by atoms with Crippen LogP contribution in [-0.4, -0.2) is 86.4 Å². The third-order valence-electron chi connectivity index (χ3n) is 4.05. The average molecular weight is 418 g/mol. The Morgan fingerprint density at radius 2 is 1.86 bits per heavy atom. The predicted octanol–water partition coefficient (Wildman–Crippen LogP) is 1.78. The van der Waals surface area contributed by atoms with E-state index in [-0.39, 0.29) is 13.2 Å². The van der Waals surface area contributed by atoms with Gasteiger partial charge >= 0.3 is 12.1 Å². The lowest BCUT2D eigenvalue weighted by atomic mass is 10.2. The van der Waals surface area contributed by atoms with E-state index in [1.165, 1.54) is 42.6 Å². The molecule has 1 atom stereocenters. The molecule has 0 aliphatic carbocycles. The highest BCUT2D eigenvalue weighted by molar-refractivity contribution is 5.71. The molecule has 9 heteroatoms. The van der Waals surface area contributed by atoms with Crippen LogP contribution in [0.2, 0.25) is 0 Å². The van der Waals surface area contributed by atoms with Crippen LogP contribution in [0.25, 0.3) is 0 Å². The predicted molar refractivity (Wildman–Crippen MR) is 110 cm³/mol. The third kappa shape index (κ3) is 13.1. The fraction of sp³-hybridized carbons (Fsp3) is 0.850. The number of amides is 2. The number of hydrogen-bond donors (Lipinski definition) is 1. The highest BCUT2D eigenvalue weighted by atomic mass is 16.6. The van der Waals surface area contributed by atoms with Crippen LogP contribution in [0.3, 0.4) is 0 Å². The van der Waals surface area contributed by atoms with E-state index in [1.54, 1.807) is 20.8 Å². The molecule has 2 amide bonds. The van der Waals surface area contributed by atoms with Crippen molar-refractivity contribution in [3.05, 3.63) is 0 Å². The number of rotatable bonds is 9. The quantitative estimate of drug-likeness (QED) is 0.346. The Morgan fingerprint density at radius 1 is 1.17 bits per heavy atom. The largest absolute Gasteiger partial charge is 0.462 e. The van der Waals surface area contributed by atoms with Crippen molar-refractivity contribution in [3.63, 3.8) is 0 Å². The van der Waals surface area contributed by atoms with E-state index in [2.05, 4.69) is 11.7 Å². The maximum Gasteiger partial charge on any atom is 0.410 e. The topological polar surface area (TPSA) is 111 Å². The summed E-state index contributed by atoms with van der Waals surface area (Å²) in [7, 11) is 1.39.